The molecule has 2 unspecified atom stereocenters. The molecule has 1 N–H and O–H groups in total. The minimum Gasteiger partial charge on any atom is -0.481 e. The fraction of sp³-hybridized carbons (Fsp3) is 0.533. The molecule has 114 valence electrons. The van der Waals surface area contributed by atoms with Gasteiger partial charge in [0.25, 0.3) is 0 Å². The number of nitrogens with zero attached hydrogens (tertiary/aromatic N) is 1. The second kappa shape index (κ2) is 5.42. The highest BCUT2D eigenvalue weighted by Crippen LogP contribution is 2.39. The molecule has 0 aliphatic carbocycles. The number of aliphatic carboxylic acids is 1. The third-order valence-electron chi connectivity index (χ3n) is 4.51. The molecule has 6 heteroatoms. The Morgan fingerprint density at radius 1 is 1.33 bits per heavy atom. The minimum absolute atomic E-state index is 0.0685. The van der Waals surface area contributed by atoms with Gasteiger partial charge in [-0.25, -0.2) is 8.42 Å². The van der Waals surface area contributed by atoms with Crippen molar-refractivity contribution in [2.45, 2.75) is 30.2 Å². The summed E-state index contributed by atoms with van der Waals surface area (Å²) in [5.74, 6) is -0.253. The molecule has 0 aromatic heterocycles. The van der Waals surface area contributed by atoms with Gasteiger partial charge in [0.1, 0.15) is 0 Å². The summed E-state index contributed by atoms with van der Waals surface area (Å²) >= 11 is 0. The van der Waals surface area contributed by atoms with Crippen LogP contribution < -0.4 is 0 Å². The van der Waals surface area contributed by atoms with E-state index in [0.717, 1.165) is 25.1 Å². The Morgan fingerprint density at radius 3 is 2.86 bits per heavy atom. The van der Waals surface area contributed by atoms with Crippen LogP contribution in [0.5, 0.6) is 0 Å². The molecule has 2 aliphatic rings. The van der Waals surface area contributed by atoms with Crippen LogP contribution >= 0.6 is 0 Å². The van der Waals surface area contributed by atoms with Gasteiger partial charge in [-0.05, 0) is 36.9 Å². The smallest absolute Gasteiger partial charge is 0.303 e. The lowest BCUT2D eigenvalue weighted by molar-refractivity contribution is -0.137. The van der Waals surface area contributed by atoms with Gasteiger partial charge < -0.3 is 5.11 Å². The zero-order valence-electron chi connectivity index (χ0n) is 11.7. The van der Waals surface area contributed by atoms with Gasteiger partial charge in [0.15, 0.2) is 9.84 Å². The maximum absolute atomic E-state index is 12.2. The maximum atomic E-state index is 12.2. The Hall–Kier alpha value is -1.40. The quantitative estimate of drug-likeness (QED) is 0.916. The molecular weight excluding hydrogens is 290 g/mol. The molecule has 2 aliphatic heterocycles. The predicted molar refractivity (Wildman–Crippen MR) is 77.8 cm³/mol. The van der Waals surface area contributed by atoms with Crippen LogP contribution in [0.25, 0.3) is 0 Å². The predicted octanol–water partition coefficient (Wildman–Crippen LogP) is 1.70. The van der Waals surface area contributed by atoms with Crippen LogP contribution in [-0.2, 0) is 14.6 Å². The summed E-state index contributed by atoms with van der Waals surface area (Å²) in [6.45, 7) is 1.64. The van der Waals surface area contributed by atoms with Crippen LogP contribution in [-0.4, -0.2) is 43.2 Å². The van der Waals surface area contributed by atoms with Crippen LogP contribution in [0, 0.1) is 5.92 Å². The Kier molecular flexibility index (Phi) is 3.75. The number of sulfone groups is 1. The summed E-state index contributed by atoms with van der Waals surface area (Å²) < 4.78 is 24.4. The summed E-state index contributed by atoms with van der Waals surface area (Å²) in [5.41, 5.74) is 0.899. The van der Waals surface area contributed by atoms with Crippen molar-refractivity contribution in [1.29, 1.82) is 0 Å². The summed E-state index contributed by atoms with van der Waals surface area (Å²) in [6.07, 6.45) is 1.82. The van der Waals surface area contributed by atoms with E-state index in [-0.39, 0.29) is 18.2 Å². The summed E-state index contributed by atoms with van der Waals surface area (Å²) in [6, 6.07) is 7.15. The van der Waals surface area contributed by atoms with Gasteiger partial charge in [-0.15, -0.1) is 0 Å². The summed E-state index contributed by atoms with van der Waals surface area (Å²) in [5, 5.41) is 8.76. The van der Waals surface area contributed by atoms with E-state index >= 15 is 0 Å². The molecule has 2 atom stereocenters. The Labute approximate surface area is 124 Å². The molecule has 1 aromatic rings. The SMILES string of the molecule is O=C(O)CCC1CCN(C2CS(=O)(=O)c3ccccc32)C1. The number of fused-ring (bicyclic) bond motifs is 1. The van der Waals surface area contributed by atoms with E-state index in [1.807, 2.05) is 12.1 Å². The van der Waals surface area contributed by atoms with Crippen molar-refractivity contribution < 1.29 is 18.3 Å². The molecule has 1 saturated heterocycles. The van der Waals surface area contributed by atoms with Crippen LogP contribution in [0.4, 0.5) is 0 Å². The minimum atomic E-state index is -3.17. The molecule has 3 rings (SSSR count). The second-order valence-corrected chi connectivity index (χ2v) is 7.92. The Balaban J connectivity index is 1.74. The molecule has 1 fully saturated rings. The van der Waals surface area contributed by atoms with Gasteiger partial charge in [-0.3, -0.25) is 9.69 Å². The fourth-order valence-electron chi connectivity index (χ4n) is 3.44. The number of carboxylic acid groups (broad SMARTS) is 1. The van der Waals surface area contributed by atoms with E-state index in [1.165, 1.54) is 0 Å². The van der Waals surface area contributed by atoms with Gasteiger partial charge in [0.2, 0.25) is 0 Å². The van der Waals surface area contributed by atoms with Gasteiger partial charge >= 0.3 is 5.97 Å². The van der Waals surface area contributed by atoms with Crippen molar-refractivity contribution in [3.8, 4) is 0 Å². The summed E-state index contributed by atoms with van der Waals surface area (Å²) in [7, 11) is -3.17. The first-order valence-electron chi connectivity index (χ1n) is 7.25. The molecule has 2 heterocycles. The average Bonchev–Trinajstić information content (AvgIpc) is 3.00. The number of hydrogen-bond donors (Lipinski definition) is 1. The first-order valence-corrected chi connectivity index (χ1v) is 8.90. The molecule has 0 bridgehead atoms. The highest BCUT2D eigenvalue weighted by molar-refractivity contribution is 7.91. The van der Waals surface area contributed by atoms with Crippen molar-refractivity contribution >= 4 is 15.8 Å². The molecule has 0 radical (unpaired) electrons. The highest BCUT2D eigenvalue weighted by Gasteiger charge is 2.40. The zero-order chi connectivity index (χ0) is 15.0. The lowest BCUT2D eigenvalue weighted by atomic mass is 10.0. The molecule has 0 saturated carbocycles. The zero-order valence-corrected chi connectivity index (χ0v) is 12.6. The van der Waals surface area contributed by atoms with E-state index in [9.17, 15) is 13.2 Å². The van der Waals surface area contributed by atoms with E-state index in [2.05, 4.69) is 4.90 Å². The molecule has 1 aromatic carbocycles. The molecule has 5 nitrogen and oxygen atoms in total. The fourth-order valence-corrected chi connectivity index (χ4v) is 5.27. The van der Waals surface area contributed by atoms with Crippen LogP contribution in [0.3, 0.4) is 0 Å². The topological polar surface area (TPSA) is 74.7 Å². The second-order valence-electron chi connectivity index (χ2n) is 5.92. The van der Waals surface area contributed by atoms with Crippen LogP contribution in [0.1, 0.15) is 30.9 Å². The normalized spacial score (nSPS) is 27.6. The number of carboxylic acids is 1. The van der Waals surface area contributed by atoms with Crippen molar-refractivity contribution in [3.05, 3.63) is 29.8 Å². The number of rotatable bonds is 4. The lowest BCUT2D eigenvalue weighted by Gasteiger charge is -2.23. The van der Waals surface area contributed by atoms with Crippen molar-refractivity contribution in [2.75, 3.05) is 18.8 Å². The number of benzene rings is 1. The standard InChI is InChI=1S/C15H19NO4S/c17-15(18)6-5-11-7-8-16(9-11)13-10-21(19,20)14-4-2-1-3-12(13)14/h1-4,11,13H,5-10H2,(H,17,18). The van der Waals surface area contributed by atoms with Crippen molar-refractivity contribution in [1.82, 2.24) is 4.90 Å². The van der Waals surface area contributed by atoms with Crippen LogP contribution in [0.2, 0.25) is 0 Å². The van der Waals surface area contributed by atoms with Gasteiger partial charge in [0.05, 0.1) is 16.7 Å². The lowest BCUT2D eigenvalue weighted by Crippen LogP contribution is -2.28. The summed E-state index contributed by atoms with van der Waals surface area (Å²) in [4.78, 5) is 13.3. The Morgan fingerprint density at radius 2 is 2.10 bits per heavy atom. The monoisotopic (exact) mass is 309 g/mol. The molecule has 0 amide bonds. The van der Waals surface area contributed by atoms with Gasteiger partial charge in [0, 0.05) is 13.0 Å². The van der Waals surface area contributed by atoms with E-state index < -0.39 is 15.8 Å². The van der Waals surface area contributed by atoms with Crippen LogP contribution in [0.15, 0.2) is 29.2 Å². The van der Waals surface area contributed by atoms with Gasteiger partial charge in [-0.2, -0.15) is 0 Å². The highest BCUT2D eigenvalue weighted by atomic mass is 32.2. The average molecular weight is 309 g/mol. The molecule has 21 heavy (non-hydrogen) atoms. The third kappa shape index (κ3) is 2.82. The first kappa shape index (κ1) is 14.5. The number of carbonyl (C=O) groups is 1. The van der Waals surface area contributed by atoms with E-state index in [1.54, 1.807) is 12.1 Å². The van der Waals surface area contributed by atoms with Crippen molar-refractivity contribution in [3.63, 3.8) is 0 Å². The number of hydrogen-bond acceptors (Lipinski definition) is 4. The molecular formula is C15H19NO4S. The third-order valence-corrected chi connectivity index (χ3v) is 6.31. The van der Waals surface area contributed by atoms with E-state index in [0.29, 0.717) is 17.2 Å². The van der Waals surface area contributed by atoms with Gasteiger partial charge in [-0.1, -0.05) is 18.2 Å². The maximum Gasteiger partial charge on any atom is 0.303 e. The largest absolute Gasteiger partial charge is 0.481 e. The first-order chi connectivity index (χ1) is 9.97. The van der Waals surface area contributed by atoms with E-state index in [4.69, 9.17) is 5.11 Å². The Bertz CT molecular complexity index is 655. The van der Waals surface area contributed by atoms with Crippen molar-refractivity contribution in [2.24, 2.45) is 5.92 Å². The molecule has 0 spiro atoms. The number of likely N-dealkylation sites (tertiary alicyclic amines) is 1.